The summed E-state index contributed by atoms with van der Waals surface area (Å²) in [6.07, 6.45) is 0. The molecule has 5 nitrogen and oxygen atoms in total. The van der Waals surface area contributed by atoms with Crippen molar-refractivity contribution in [3.05, 3.63) is 41.6 Å². The van der Waals surface area contributed by atoms with Crippen LogP contribution < -0.4 is 5.32 Å². The van der Waals surface area contributed by atoms with Crippen molar-refractivity contribution in [2.45, 2.75) is 32.9 Å². The minimum absolute atomic E-state index is 0.0966. The summed E-state index contributed by atoms with van der Waals surface area (Å²) >= 11 is 0. The van der Waals surface area contributed by atoms with E-state index in [0.717, 1.165) is 10.9 Å². The van der Waals surface area contributed by atoms with E-state index in [0.29, 0.717) is 17.1 Å². The number of aliphatic imine (C=N–C) groups is 1. The smallest absolute Gasteiger partial charge is 0.273 e. The Hall–Kier alpha value is -2.27. The molecule has 0 spiro atoms. The predicted molar refractivity (Wildman–Crippen MR) is 85.6 cm³/mol. The number of carbonyl (C=O) groups is 1. The van der Waals surface area contributed by atoms with Crippen LogP contribution in [0.25, 0.3) is 10.9 Å². The summed E-state index contributed by atoms with van der Waals surface area (Å²) in [7, 11) is 0. The number of benzene rings is 1. The average molecular weight is 297 g/mol. The molecular formula is C17H19N3O2. The van der Waals surface area contributed by atoms with Crippen LogP contribution in [0, 0.1) is 5.92 Å². The van der Waals surface area contributed by atoms with Crippen LogP contribution in [-0.2, 0) is 11.4 Å². The van der Waals surface area contributed by atoms with Gasteiger partial charge in [-0.25, -0.2) is 4.98 Å². The molecule has 0 bridgehead atoms. The summed E-state index contributed by atoms with van der Waals surface area (Å²) in [6.45, 7) is 5.64. The van der Waals surface area contributed by atoms with Crippen molar-refractivity contribution in [1.82, 2.24) is 10.3 Å². The van der Waals surface area contributed by atoms with E-state index in [-0.39, 0.29) is 18.4 Å². The van der Waals surface area contributed by atoms with Crippen molar-refractivity contribution in [2.75, 3.05) is 0 Å². The summed E-state index contributed by atoms with van der Waals surface area (Å²) < 4.78 is 0. The zero-order valence-electron chi connectivity index (χ0n) is 12.9. The van der Waals surface area contributed by atoms with E-state index in [1.165, 1.54) is 0 Å². The molecule has 0 radical (unpaired) electrons. The van der Waals surface area contributed by atoms with Crippen molar-refractivity contribution >= 4 is 22.6 Å². The van der Waals surface area contributed by atoms with Crippen molar-refractivity contribution in [1.29, 1.82) is 0 Å². The lowest BCUT2D eigenvalue weighted by molar-refractivity contribution is -0.123. The van der Waals surface area contributed by atoms with E-state index in [2.05, 4.69) is 15.3 Å². The maximum atomic E-state index is 12.2. The first-order chi connectivity index (χ1) is 10.5. The molecule has 2 heterocycles. The number of aromatic nitrogens is 1. The molecule has 1 unspecified atom stereocenters. The Bertz CT molecular complexity index is 783. The molecule has 1 aromatic carbocycles. The van der Waals surface area contributed by atoms with Gasteiger partial charge in [0, 0.05) is 10.9 Å². The zero-order chi connectivity index (χ0) is 15.9. The number of pyridine rings is 1. The van der Waals surface area contributed by atoms with E-state index in [1.807, 2.05) is 51.1 Å². The molecule has 2 aromatic rings. The van der Waals surface area contributed by atoms with Gasteiger partial charge in [-0.05, 0) is 25.0 Å². The fraction of sp³-hybridized carbons (Fsp3) is 0.353. The van der Waals surface area contributed by atoms with Gasteiger partial charge in [0.15, 0.2) is 5.84 Å². The lowest BCUT2D eigenvalue weighted by atomic mass is 9.88. The third kappa shape index (κ3) is 2.18. The number of nitrogens with zero attached hydrogens (tertiary/aromatic N) is 2. The number of fused-ring (bicyclic) bond motifs is 1. The number of nitrogens with one attached hydrogen (secondary N) is 1. The third-order valence-corrected chi connectivity index (χ3v) is 4.39. The van der Waals surface area contributed by atoms with Crippen LogP contribution in [0.15, 0.2) is 35.3 Å². The molecule has 1 aliphatic rings. The topological polar surface area (TPSA) is 74.6 Å². The maximum Gasteiger partial charge on any atom is 0.273 e. The van der Waals surface area contributed by atoms with Crippen LogP contribution in [0.5, 0.6) is 0 Å². The van der Waals surface area contributed by atoms with Gasteiger partial charge in [0.2, 0.25) is 0 Å². The normalized spacial score (nSPS) is 21.3. The molecular weight excluding hydrogens is 278 g/mol. The molecule has 5 heteroatoms. The predicted octanol–water partition coefficient (Wildman–Crippen LogP) is 2.02. The standard InChI is InChI=1S/C17H19N3O2/c1-10(2)17(3)16(22)19-15(20-17)14-12(9-21)8-11-6-4-5-7-13(11)18-14/h4-8,10,21H,9H2,1-3H3,(H,19,20,22). The second kappa shape index (κ2) is 5.18. The molecule has 114 valence electrons. The van der Waals surface area contributed by atoms with Gasteiger partial charge in [0.25, 0.3) is 5.91 Å². The molecule has 3 rings (SSSR count). The van der Waals surface area contributed by atoms with E-state index in [4.69, 9.17) is 0 Å². The highest BCUT2D eigenvalue weighted by Gasteiger charge is 2.43. The molecule has 1 aliphatic heterocycles. The van der Waals surface area contributed by atoms with Crippen molar-refractivity contribution in [3.63, 3.8) is 0 Å². The Balaban J connectivity index is 2.11. The molecule has 2 N–H and O–H groups in total. The number of aliphatic hydroxyl groups excluding tert-OH is 1. The maximum absolute atomic E-state index is 12.2. The largest absolute Gasteiger partial charge is 0.392 e. The Labute approximate surface area is 129 Å². The highest BCUT2D eigenvalue weighted by molar-refractivity contribution is 6.14. The zero-order valence-corrected chi connectivity index (χ0v) is 12.9. The van der Waals surface area contributed by atoms with Crippen LogP contribution in [0.1, 0.15) is 32.0 Å². The number of hydrogen-bond donors (Lipinski definition) is 2. The van der Waals surface area contributed by atoms with Gasteiger partial charge in [-0.2, -0.15) is 4.99 Å². The highest BCUT2D eigenvalue weighted by atomic mass is 16.3. The first-order valence-corrected chi connectivity index (χ1v) is 7.37. The first-order valence-electron chi connectivity index (χ1n) is 7.37. The van der Waals surface area contributed by atoms with Gasteiger partial charge in [-0.1, -0.05) is 32.0 Å². The summed E-state index contributed by atoms with van der Waals surface area (Å²) in [5, 5.41) is 13.8. The Morgan fingerprint density at radius 3 is 2.68 bits per heavy atom. The molecule has 1 aromatic heterocycles. The van der Waals surface area contributed by atoms with E-state index in [9.17, 15) is 9.90 Å². The summed E-state index contributed by atoms with van der Waals surface area (Å²) in [4.78, 5) is 21.0. The quantitative estimate of drug-likeness (QED) is 0.909. The second-order valence-electron chi connectivity index (χ2n) is 6.09. The van der Waals surface area contributed by atoms with Crippen molar-refractivity contribution in [2.24, 2.45) is 10.9 Å². The fourth-order valence-electron chi connectivity index (χ4n) is 2.53. The summed E-state index contributed by atoms with van der Waals surface area (Å²) in [5.74, 6) is 0.339. The molecule has 0 saturated carbocycles. The van der Waals surface area contributed by atoms with Gasteiger partial charge in [-0.3, -0.25) is 4.79 Å². The minimum Gasteiger partial charge on any atom is -0.392 e. The van der Waals surface area contributed by atoms with E-state index >= 15 is 0 Å². The number of rotatable bonds is 3. The molecule has 1 amide bonds. The Kier molecular flexibility index (Phi) is 3.45. The van der Waals surface area contributed by atoms with Gasteiger partial charge >= 0.3 is 0 Å². The molecule has 0 aliphatic carbocycles. The number of aliphatic hydroxyl groups is 1. The number of hydrogen-bond acceptors (Lipinski definition) is 4. The number of amides is 1. The summed E-state index contributed by atoms with van der Waals surface area (Å²) in [6, 6.07) is 9.56. The Morgan fingerprint density at radius 2 is 2.05 bits per heavy atom. The molecule has 1 atom stereocenters. The fourth-order valence-corrected chi connectivity index (χ4v) is 2.53. The van der Waals surface area contributed by atoms with Crippen LogP contribution >= 0.6 is 0 Å². The lowest BCUT2D eigenvalue weighted by Crippen LogP contribution is -2.50. The second-order valence-corrected chi connectivity index (χ2v) is 6.09. The number of carbonyl (C=O) groups excluding carboxylic acids is 1. The number of para-hydroxylation sites is 1. The first kappa shape index (κ1) is 14.7. The van der Waals surface area contributed by atoms with E-state index in [1.54, 1.807) is 0 Å². The number of amidine groups is 1. The molecule has 0 fully saturated rings. The van der Waals surface area contributed by atoms with Crippen LogP contribution in [0.4, 0.5) is 0 Å². The van der Waals surface area contributed by atoms with Gasteiger partial charge in [0.05, 0.1) is 12.1 Å². The average Bonchev–Trinajstić information content (AvgIpc) is 2.82. The van der Waals surface area contributed by atoms with E-state index < -0.39 is 5.54 Å². The third-order valence-electron chi connectivity index (χ3n) is 4.39. The highest BCUT2D eigenvalue weighted by Crippen LogP contribution is 2.26. The SMILES string of the molecule is CC(C)C1(C)NC(c2nc3ccccc3cc2CO)=NC1=O. The minimum atomic E-state index is -0.727. The van der Waals surface area contributed by atoms with Gasteiger partial charge in [-0.15, -0.1) is 0 Å². The van der Waals surface area contributed by atoms with Gasteiger partial charge in [0.1, 0.15) is 11.2 Å². The summed E-state index contributed by atoms with van der Waals surface area (Å²) in [5.41, 5.74) is 1.28. The monoisotopic (exact) mass is 297 g/mol. The molecule has 0 saturated heterocycles. The van der Waals surface area contributed by atoms with Crippen LogP contribution in [0.3, 0.4) is 0 Å². The van der Waals surface area contributed by atoms with Crippen molar-refractivity contribution in [3.8, 4) is 0 Å². The van der Waals surface area contributed by atoms with Gasteiger partial charge < -0.3 is 10.4 Å². The Morgan fingerprint density at radius 1 is 1.32 bits per heavy atom. The van der Waals surface area contributed by atoms with Crippen LogP contribution in [0.2, 0.25) is 0 Å². The molecule has 22 heavy (non-hydrogen) atoms. The van der Waals surface area contributed by atoms with Crippen molar-refractivity contribution < 1.29 is 9.90 Å². The van der Waals surface area contributed by atoms with Crippen LogP contribution in [-0.4, -0.2) is 27.4 Å². The lowest BCUT2D eigenvalue weighted by Gasteiger charge is -2.27.